The molecular formula is C12H18N4O2S2. The third kappa shape index (κ3) is 3.93. The molecule has 0 radical (unpaired) electrons. The molecule has 2 heterocycles. The molecule has 2 rings (SSSR count). The summed E-state index contributed by atoms with van der Waals surface area (Å²) in [6, 6.07) is 0. The van der Waals surface area contributed by atoms with Gasteiger partial charge in [-0.05, 0) is 18.8 Å². The summed E-state index contributed by atoms with van der Waals surface area (Å²) in [4.78, 5) is 4.72. The predicted octanol–water partition coefficient (Wildman–Crippen LogP) is 0.842. The lowest BCUT2D eigenvalue weighted by Gasteiger charge is -2.29. The van der Waals surface area contributed by atoms with Crippen LogP contribution in [0.25, 0.3) is 0 Å². The molecule has 6 nitrogen and oxygen atoms in total. The van der Waals surface area contributed by atoms with Crippen molar-refractivity contribution in [3.05, 3.63) is 11.1 Å². The molecule has 1 aliphatic heterocycles. The Balaban J connectivity index is 2.06. The molecule has 1 aliphatic rings. The zero-order valence-electron chi connectivity index (χ0n) is 11.3. The van der Waals surface area contributed by atoms with Crippen LogP contribution in [0.4, 0.5) is 5.13 Å². The van der Waals surface area contributed by atoms with Crippen LogP contribution >= 0.6 is 11.3 Å². The van der Waals surface area contributed by atoms with Crippen LogP contribution < -0.4 is 10.5 Å². The van der Waals surface area contributed by atoms with Gasteiger partial charge < -0.3 is 5.73 Å². The number of nitrogens with one attached hydrogen (secondary N) is 1. The second-order valence-electron chi connectivity index (χ2n) is 4.75. The first kappa shape index (κ1) is 15.3. The third-order valence-corrected chi connectivity index (χ3v) is 5.42. The van der Waals surface area contributed by atoms with Gasteiger partial charge in [-0.15, -0.1) is 0 Å². The number of piperidine rings is 1. The maximum atomic E-state index is 12.2. The van der Waals surface area contributed by atoms with Crippen LogP contribution in [0, 0.1) is 17.8 Å². The lowest BCUT2D eigenvalue weighted by molar-refractivity contribution is 0.282. The average Bonchev–Trinajstić information content (AvgIpc) is 2.83. The Hall–Kier alpha value is -1.14. The number of nitrogens with two attached hydrogens (primary N) is 1. The van der Waals surface area contributed by atoms with Crippen LogP contribution in [0.1, 0.15) is 24.6 Å². The molecular weight excluding hydrogens is 296 g/mol. The van der Waals surface area contributed by atoms with E-state index >= 15 is 0 Å². The van der Waals surface area contributed by atoms with Crippen LogP contribution in [-0.2, 0) is 10.2 Å². The second-order valence-corrected chi connectivity index (χ2v) is 7.45. The van der Waals surface area contributed by atoms with E-state index in [1.807, 2.05) is 0 Å². The SMILES string of the molecule is CC1CCCN(S(=O)(=O)Nc2ncc(C#CCN)s2)C1. The molecule has 110 valence electrons. The van der Waals surface area contributed by atoms with Gasteiger partial charge in [0, 0.05) is 13.1 Å². The summed E-state index contributed by atoms with van der Waals surface area (Å²) in [5.74, 6) is 5.93. The van der Waals surface area contributed by atoms with Crippen molar-refractivity contribution in [3.8, 4) is 11.8 Å². The van der Waals surface area contributed by atoms with E-state index in [1.54, 1.807) is 6.20 Å². The van der Waals surface area contributed by atoms with E-state index in [9.17, 15) is 8.42 Å². The number of nitrogens with zero attached hydrogens (tertiary/aromatic N) is 2. The van der Waals surface area contributed by atoms with Gasteiger partial charge in [0.1, 0.15) is 0 Å². The summed E-state index contributed by atoms with van der Waals surface area (Å²) >= 11 is 1.21. The lowest BCUT2D eigenvalue weighted by atomic mass is 10.0. The summed E-state index contributed by atoms with van der Waals surface area (Å²) in [7, 11) is -3.52. The van der Waals surface area contributed by atoms with Crippen molar-refractivity contribution >= 4 is 26.7 Å². The van der Waals surface area contributed by atoms with Crippen molar-refractivity contribution in [2.75, 3.05) is 24.4 Å². The average molecular weight is 314 g/mol. The molecule has 0 saturated carbocycles. The van der Waals surface area contributed by atoms with E-state index in [1.165, 1.54) is 15.6 Å². The zero-order chi connectivity index (χ0) is 14.6. The molecule has 1 fully saturated rings. The fourth-order valence-corrected chi connectivity index (χ4v) is 4.30. The number of hydrogen-bond donors (Lipinski definition) is 2. The molecule has 1 saturated heterocycles. The summed E-state index contributed by atoms with van der Waals surface area (Å²) < 4.78 is 28.5. The Morgan fingerprint density at radius 1 is 1.65 bits per heavy atom. The highest BCUT2D eigenvalue weighted by Gasteiger charge is 2.27. The fourth-order valence-electron chi connectivity index (χ4n) is 2.06. The van der Waals surface area contributed by atoms with E-state index in [-0.39, 0.29) is 6.54 Å². The maximum Gasteiger partial charge on any atom is 0.303 e. The Kier molecular flexibility index (Phi) is 4.99. The standard InChI is InChI=1S/C12H18N4O2S2/c1-10-4-3-7-16(9-10)20(17,18)15-12-14-8-11(19-12)5-2-6-13/h8,10H,3-4,6-7,9,13H2,1H3,(H,14,15). The topological polar surface area (TPSA) is 88.3 Å². The number of rotatable bonds is 3. The second kappa shape index (κ2) is 6.54. The van der Waals surface area contributed by atoms with E-state index in [4.69, 9.17) is 5.73 Å². The minimum Gasteiger partial charge on any atom is -0.320 e. The largest absolute Gasteiger partial charge is 0.320 e. The van der Waals surface area contributed by atoms with Gasteiger partial charge in [0.2, 0.25) is 0 Å². The van der Waals surface area contributed by atoms with Crippen molar-refractivity contribution < 1.29 is 8.42 Å². The van der Waals surface area contributed by atoms with E-state index in [2.05, 4.69) is 28.5 Å². The predicted molar refractivity (Wildman–Crippen MR) is 80.6 cm³/mol. The molecule has 0 spiro atoms. The van der Waals surface area contributed by atoms with Gasteiger partial charge in [-0.2, -0.15) is 12.7 Å². The first-order chi connectivity index (χ1) is 9.51. The van der Waals surface area contributed by atoms with E-state index in [0.29, 0.717) is 29.0 Å². The summed E-state index contributed by atoms with van der Waals surface area (Å²) in [5, 5.41) is 0.338. The third-order valence-electron chi connectivity index (χ3n) is 3.00. The van der Waals surface area contributed by atoms with Gasteiger partial charge in [-0.3, -0.25) is 0 Å². The number of thiazole rings is 1. The smallest absolute Gasteiger partial charge is 0.303 e. The molecule has 1 unspecified atom stereocenters. The molecule has 0 amide bonds. The van der Waals surface area contributed by atoms with E-state index < -0.39 is 10.2 Å². The first-order valence-electron chi connectivity index (χ1n) is 6.44. The summed E-state index contributed by atoms with van der Waals surface area (Å²) in [6.45, 7) is 3.45. The number of anilines is 1. The molecule has 1 atom stereocenters. The van der Waals surface area contributed by atoms with Crippen molar-refractivity contribution in [2.24, 2.45) is 11.7 Å². The van der Waals surface area contributed by atoms with Crippen molar-refractivity contribution in [3.63, 3.8) is 0 Å². The molecule has 8 heteroatoms. The molecule has 0 aliphatic carbocycles. The van der Waals surface area contributed by atoms with Crippen LogP contribution in [0.3, 0.4) is 0 Å². The van der Waals surface area contributed by atoms with Crippen LogP contribution in [0.2, 0.25) is 0 Å². The first-order valence-corrected chi connectivity index (χ1v) is 8.69. The van der Waals surface area contributed by atoms with Gasteiger partial charge in [-0.1, -0.05) is 30.1 Å². The summed E-state index contributed by atoms with van der Waals surface area (Å²) in [5.41, 5.74) is 5.29. The highest BCUT2D eigenvalue weighted by molar-refractivity contribution is 7.90. The highest BCUT2D eigenvalue weighted by Crippen LogP contribution is 2.22. The highest BCUT2D eigenvalue weighted by atomic mass is 32.2. The Morgan fingerprint density at radius 3 is 3.15 bits per heavy atom. The maximum absolute atomic E-state index is 12.2. The quantitative estimate of drug-likeness (QED) is 0.809. The molecule has 3 N–H and O–H groups in total. The van der Waals surface area contributed by atoms with Crippen molar-refractivity contribution in [2.45, 2.75) is 19.8 Å². The van der Waals surface area contributed by atoms with Crippen molar-refractivity contribution in [1.29, 1.82) is 0 Å². The van der Waals surface area contributed by atoms with Crippen LogP contribution in [-0.4, -0.2) is 37.3 Å². The summed E-state index contributed by atoms with van der Waals surface area (Å²) in [6.07, 6.45) is 3.51. The Morgan fingerprint density at radius 2 is 2.45 bits per heavy atom. The van der Waals surface area contributed by atoms with Gasteiger partial charge in [0.05, 0.1) is 17.6 Å². The van der Waals surface area contributed by atoms with Crippen molar-refractivity contribution in [1.82, 2.24) is 9.29 Å². The Labute approximate surface area is 123 Å². The molecule has 0 bridgehead atoms. The van der Waals surface area contributed by atoms with Gasteiger partial charge in [0.25, 0.3) is 0 Å². The Bertz CT molecular complexity index is 615. The van der Waals surface area contributed by atoms with Gasteiger partial charge >= 0.3 is 10.2 Å². The zero-order valence-corrected chi connectivity index (χ0v) is 12.9. The van der Waals surface area contributed by atoms with Crippen LogP contribution in [0.15, 0.2) is 6.20 Å². The molecule has 0 aromatic carbocycles. The fraction of sp³-hybridized carbons (Fsp3) is 0.583. The normalized spacial score (nSPS) is 20.2. The van der Waals surface area contributed by atoms with Gasteiger partial charge in [-0.25, -0.2) is 9.71 Å². The molecule has 1 aromatic rings. The number of hydrogen-bond acceptors (Lipinski definition) is 5. The lowest BCUT2D eigenvalue weighted by Crippen LogP contribution is -2.42. The van der Waals surface area contributed by atoms with Gasteiger partial charge in [0.15, 0.2) is 5.13 Å². The van der Waals surface area contributed by atoms with Crippen LogP contribution in [0.5, 0.6) is 0 Å². The van der Waals surface area contributed by atoms with E-state index in [0.717, 1.165) is 12.8 Å². The monoisotopic (exact) mass is 314 g/mol. The molecule has 20 heavy (non-hydrogen) atoms. The molecule has 1 aromatic heterocycles. The minimum atomic E-state index is -3.52. The number of aromatic nitrogens is 1. The minimum absolute atomic E-state index is 0.268.